The summed E-state index contributed by atoms with van der Waals surface area (Å²) in [6.07, 6.45) is 6.41. The van der Waals surface area contributed by atoms with Crippen molar-refractivity contribution >= 4 is 11.8 Å². The lowest BCUT2D eigenvalue weighted by molar-refractivity contribution is -0.133. The molecule has 10 nitrogen and oxygen atoms in total. The number of rotatable bonds is 6. The summed E-state index contributed by atoms with van der Waals surface area (Å²) in [6.45, 7) is 5.19. The highest BCUT2D eigenvalue weighted by Crippen LogP contribution is 2.42. The third-order valence-corrected chi connectivity index (χ3v) is 5.12. The van der Waals surface area contributed by atoms with Gasteiger partial charge in [-0.2, -0.15) is 5.10 Å². The van der Waals surface area contributed by atoms with Gasteiger partial charge in [-0.3, -0.25) is 14.3 Å². The summed E-state index contributed by atoms with van der Waals surface area (Å²) in [6, 6.07) is 0. The van der Waals surface area contributed by atoms with Crippen molar-refractivity contribution in [3.63, 3.8) is 0 Å². The van der Waals surface area contributed by atoms with E-state index in [1.54, 1.807) is 11.1 Å². The van der Waals surface area contributed by atoms with Gasteiger partial charge in [-0.1, -0.05) is 6.92 Å². The molecule has 0 bridgehead atoms. The summed E-state index contributed by atoms with van der Waals surface area (Å²) in [5, 5.41) is 15.2. The van der Waals surface area contributed by atoms with Gasteiger partial charge in [-0.05, 0) is 29.7 Å². The van der Waals surface area contributed by atoms with Crippen molar-refractivity contribution in [3.8, 4) is 0 Å². The fourth-order valence-corrected chi connectivity index (χ4v) is 3.56. The van der Waals surface area contributed by atoms with Gasteiger partial charge in [0.25, 0.3) is 5.91 Å². The molecule has 27 heavy (non-hydrogen) atoms. The van der Waals surface area contributed by atoms with Crippen LogP contribution >= 0.6 is 0 Å². The molecule has 2 aromatic heterocycles. The second-order valence-electron chi connectivity index (χ2n) is 7.12. The minimum absolute atomic E-state index is 0.0341. The van der Waals surface area contributed by atoms with Gasteiger partial charge in [0.2, 0.25) is 5.91 Å². The van der Waals surface area contributed by atoms with Gasteiger partial charge in [0.15, 0.2) is 0 Å². The van der Waals surface area contributed by atoms with Crippen molar-refractivity contribution in [2.24, 2.45) is 0 Å². The van der Waals surface area contributed by atoms with E-state index in [1.165, 1.54) is 11.0 Å². The number of tetrazole rings is 1. The number of carbonyl (C=O) groups excluding carboxylic acids is 2. The van der Waals surface area contributed by atoms with E-state index in [1.807, 2.05) is 9.58 Å². The first-order valence-electron chi connectivity index (χ1n) is 9.51. The molecular weight excluding hydrogens is 348 g/mol. The zero-order valence-electron chi connectivity index (χ0n) is 15.5. The van der Waals surface area contributed by atoms with E-state index < -0.39 is 0 Å². The van der Waals surface area contributed by atoms with E-state index in [9.17, 15) is 9.59 Å². The average Bonchev–Trinajstić information content (AvgIpc) is 3.22. The van der Waals surface area contributed by atoms with Crippen LogP contribution in [-0.2, 0) is 17.9 Å². The summed E-state index contributed by atoms with van der Waals surface area (Å²) in [5.41, 5.74) is 1.83. The molecule has 1 aliphatic carbocycles. The minimum Gasteiger partial charge on any atom is -0.338 e. The van der Waals surface area contributed by atoms with Crippen LogP contribution in [0.15, 0.2) is 12.5 Å². The maximum absolute atomic E-state index is 13.0. The summed E-state index contributed by atoms with van der Waals surface area (Å²) >= 11 is 0. The number of carbonyl (C=O) groups is 2. The van der Waals surface area contributed by atoms with Crippen LogP contribution in [0.2, 0.25) is 0 Å². The molecule has 4 rings (SSSR count). The van der Waals surface area contributed by atoms with Crippen LogP contribution in [0.5, 0.6) is 0 Å². The Balaban J connectivity index is 1.38. The van der Waals surface area contributed by atoms with Crippen LogP contribution in [0.1, 0.15) is 48.2 Å². The number of piperazine rings is 1. The summed E-state index contributed by atoms with van der Waals surface area (Å²) in [7, 11) is 0. The largest absolute Gasteiger partial charge is 0.338 e. The predicted molar refractivity (Wildman–Crippen MR) is 94.8 cm³/mol. The highest BCUT2D eigenvalue weighted by atomic mass is 16.2. The molecule has 2 aromatic rings. The van der Waals surface area contributed by atoms with Crippen LogP contribution in [0, 0.1) is 0 Å². The molecule has 144 valence electrons. The third kappa shape index (κ3) is 3.69. The van der Waals surface area contributed by atoms with Crippen molar-refractivity contribution in [3.05, 3.63) is 23.8 Å². The lowest BCUT2D eigenvalue weighted by Gasteiger charge is -2.34. The SMILES string of the molecule is CCCn1ncc(C(=O)N2CCN(C(=O)Cn3cnnn3)CC2)c1C1CC1. The molecule has 1 aliphatic heterocycles. The summed E-state index contributed by atoms with van der Waals surface area (Å²) in [4.78, 5) is 29.0. The van der Waals surface area contributed by atoms with E-state index in [0.717, 1.165) is 37.1 Å². The van der Waals surface area contributed by atoms with Crippen molar-refractivity contribution in [2.75, 3.05) is 26.2 Å². The molecule has 0 radical (unpaired) electrons. The predicted octanol–water partition coefficient (Wildman–Crippen LogP) is 0.142. The lowest BCUT2D eigenvalue weighted by Crippen LogP contribution is -2.51. The van der Waals surface area contributed by atoms with Crippen molar-refractivity contribution in [1.29, 1.82) is 0 Å². The van der Waals surface area contributed by atoms with Crippen LogP contribution in [0.25, 0.3) is 0 Å². The number of hydrogen-bond donors (Lipinski definition) is 0. The van der Waals surface area contributed by atoms with E-state index in [2.05, 4.69) is 27.5 Å². The minimum atomic E-state index is -0.0381. The molecule has 3 heterocycles. The van der Waals surface area contributed by atoms with E-state index in [-0.39, 0.29) is 18.4 Å². The Bertz CT molecular complexity index is 803. The Morgan fingerprint density at radius 1 is 1.15 bits per heavy atom. The van der Waals surface area contributed by atoms with Gasteiger partial charge >= 0.3 is 0 Å². The monoisotopic (exact) mass is 372 g/mol. The molecule has 1 saturated carbocycles. The standard InChI is InChI=1S/C17H24N8O2/c1-2-5-25-16(13-3-4-13)14(10-19-25)17(27)23-8-6-22(7-9-23)15(26)11-24-12-18-20-21-24/h10,12-13H,2-9,11H2,1H3. The number of aromatic nitrogens is 6. The zero-order chi connectivity index (χ0) is 18.8. The molecule has 0 atom stereocenters. The van der Waals surface area contributed by atoms with Crippen LogP contribution in [0.3, 0.4) is 0 Å². The van der Waals surface area contributed by atoms with Gasteiger partial charge in [0, 0.05) is 38.6 Å². The highest BCUT2D eigenvalue weighted by molar-refractivity contribution is 5.95. The summed E-state index contributed by atoms with van der Waals surface area (Å²) < 4.78 is 3.40. The van der Waals surface area contributed by atoms with Crippen LogP contribution in [-0.4, -0.2) is 77.8 Å². The first-order valence-corrected chi connectivity index (χ1v) is 9.51. The molecule has 0 aromatic carbocycles. The third-order valence-electron chi connectivity index (χ3n) is 5.12. The Hall–Kier alpha value is -2.78. The number of amides is 2. The maximum Gasteiger partial charge on any atom is 0.257 e. The molecule has 10 heteroatoms. The Morgan fingerprint density at radius 2 is 1.89 bits per heavy atom. The first kappa shape index (κ1) is 17.6. The number of hydrogen-bond acceptors (Lipinski definition) is 6. The normalized spacial score (nSPS) is 17.4. The fraction of sp³-hybridized carbons (Fsp3) is 0.647. The quantitative estimate of drug-likeness (QED) is 0.715. The van der Waals surface area contributed by atoms with Crippen LogP contribution < -0.4 is 0 Å². The molecule has 2 aliphatic rings. The van der Waals surface area contributed by atoms with Crippen molar-refractivity contribution in [1.82, 2.24) is 39.8 Å². The lowest BCUT2D eigenvalue weighted by atomic mass is 10.1. The number of aryl methyl sites for hydroxylation is 1. The maximum atomic E-state index is 13.0. The highest BCUT2D eigenvalue weighted by Gasteiger charge is 2.34. The van der Waals surface area contributed by atoms with Gasteiger partial charge in [0.05, 0.1) is 17.5 Å². The molecule has 0 N–H and O–H groups in total. The fourth-order valence-electron chi connectivity index (χ4n) is 3.56. The second-order valence-corrected chi connectivity index (χ2v) is 7.12. The molecular formula is C17H24N8O2. The molecule has 2 amide bonds. The van der Waals surface area contributed by atoms with E-state index >= 15 is 0 Å². The molecule has 2 fully saturated rings. The number of nitrogens with zero attached hydrogens (tertiary/aromatic N) is 8. The van der Waals surface area contributed by atoms with E-state index in [4.69, 9.17) is 0 Å². The Labute approximate surface area is 157 Å². The van der Waals surface area contributed by atoms with Crippen LogP contribution in [0.4, 0.5) is 0 Å². The molecule has 1 saturated heterocycles. The van der Waals surface area contributed by atoms with E-state index in [0.29, 0.717) is 32.1 Å². The average molecular weight is 372 g/mol. The second kappa shape index (κ2) is 7.45. The Morgan fingerprint density at radius 3 is 2.52 bits per heavy atom. The van der Waals surface area contributed by atoms with Gasteiger partial charge in [0.1, 0.15) is 12.9 Å². The first-order chi connectivity index (χ1) is 13.2. The smallest absolute Gasteiger partial charge is 0.257 e. The molecule has 0 spiro atoms. The van der Waals surface area contributed by atoms with Crippen molar-refractivity contribution < 1.29 is 9.59 Å². The van der Waals surface area contributed by atoms with Crippen molar-refractivity contribution in [2.45, 2.75) is 45.2 Å². The zero-order valence-corrected chi connectivity index (χ0v) is 15.5. The molecule has 0 unspecified atom stereocenters. The topological polar surface area (TPSA) is 102 Å². The Kier molecular flexibility index (Phi) is 4.87. The van der Waals surface area contributed by atoms with Gasteiger partial charge in [-0.15, -0.1) is 5.10 Å². The van der Waals surface area contributed by atoms with Gasteiger partial charge < -0.3 is 9.80 Å². The summed E-state index contributed by atoms with van der Waals surface area (Å²) in [5.74, 6) is 0.466. The van der Waals surface area contributed by atoms with Gasteiger partial charge in [-0.25, -0.2) is 4.68 Å².